The van der Waals surface area contributed by atoms with Crippen molar-refractivity contribution in [1.82, 2.24) is 9.88 Å². The van der Waals surface area contributed by atoms with Gasteiger partial charge >= 0.3 is 0 Å². The number of rotatable bonds is 4. The minimum Gasteiger partial charge on any atom is -0.485 e. The molecule has 0 spiro atoms. The van der Waals surface area contributed by atoms with E-state index in [0.29, 0.717) is 6.54 Å². The molecular formula is C17H21N3O2S. The van der Waals surface area contributed by atoms with Gasteiger partial charge in [-0.1, -0.05) is 0 Å². The maximum Gasteiger partial charge on any atom is 0.264 e. The normalized spacial score (nSPS) is 17.3. The first kappa shape index (κ1) is 15.8. The second-order valence-corrected chi connectivity index (χ2v) is 7.20. The van der Waals surface area contributed by atoms with Gasteiger partial charge < -0.3 is 14.5 Å². The number of pyridine rings is 1. The molecule has 0 bridgehead atoms. The number of amides is 1. The van der Waals surface area contributed by atoms with Gasteiger partial charge in [-0.05, 0) is 31.2 Å². The molecule has 23 heavy (non-hydrogen) atoms. The maximum atomic E-state index is 12.5. The van der Waals surface area contributed by atoms with Crippen molar-refractivity contribution in [2.45, 2.75) is 19.4 Å². The smallest absolute Gasteiger partial charge is 0.264 e. The minimum atomic E-state index is 0.0166. The second kappa shape index (κ2) is 6.58. The molecule has 2 aromatic heterocycles. The highest BCUT2D eigenvalue weighted by atomic mass is 32.1. The zero-order valence-electron chi connectivity index (χ0n) is 13.7. The van der Waals surface area contributed by atoms with Crippen LogP contribution >= 0.6 is 11.3 Å². The van der Waals surface area contributed by atoms with Gasteiger partial charge in [0.1, 0.15) is 6.10 Å². The fourth-order valence-corrected chi connectivity index (χ4v) is 3.54. The zero-order chi connectivity index (χ0) is 16.4. The summed E-state index contributed by atoms with van der Waals surface area (Å²) in [5.74, 6) is 1.68. The summed E-state index contributed by atoms with van der Waals surface area (Å²) >= 11 is 1.55. The number of hydrogen-bond donors (Lipinski definition) is 0. The lowest BCUT2D eigenvalue weighted by atomic mass is 10.3. The Balaban J connectivity index is 1.65. The van der Waals surface area contributed by atoms with Gasteiger partial charge in [0.25, 0.3) is 5.91 Å². The lowest BCUT2D eigenvalue weighted by molar-refractivity contribution is 0.0777. The van der Waals surface area contributed by atoms with Gasteiger partial charge in [-0.3, -0.25) is 4.79 Å². The monoisotopic (exact) mass is 331 g/mol. The van der Waals surface area contributed by atoms with Gasteiger partial charge in [-0.25, -0.2) is 4.98 Å². The third-order valence-electron chi connectivity index (χ3n) is 3.85. The Morgan fingerprint density at radius 1 is 1.39 bits per heavy atom. The van der Waals surface area contributed by atoms with E-state index in [1.165, 1.54) is 0 Å². The molecule has 1 aliphatic heterocycles. The molecule has 0 radical (unpaired) electrons. The Morgan fingerprint density at radius 2 is 2.22 bits per heavy atom. The SMILES string of the molecule is Cc1ccc(C(=O)N2CC[C@H](Oc3cccnc3N(C)C)C2)s1. The summed E-state index contributed by atoms with van der Waals surface area (Å²) in [4.78, 5) is 22.6. The summed E-state index contributed by atoms with van der Waals surface area (Å²) < 4.78 is 6.09. The van der Waals surface area contributed by atoms with Crippen LogP contribution in [0.5, 0.6) is 5.75 Å². The van der Waals surface area contributed by atoms with Crippen molar-refractivity contribution in [1.29, 1.82) is 0 Å². The van der Waals surface area contributed by atoms with Crippen LogP contribution in [0.4, 0.5) is 5.82 Å². The van der Waals surface area contributed by atoms with Crippen molar-refractivity contribution in [3.63, 3.8) is 0 Å². The number of thiophene rings is 1. The molecule has 0 N–H and O–H groups in total. The average Bonchev–Trinajstić information content (AvgIpc) is 3.16. The Labute approximate surface area is 140 Å². The van der Waals surface area contributed by atoms with Gasteiger partial charge in [0, 0.05) is 38.1 Å². The highest BCUT2D eigenvalue weighted by molar-refractivity contribution is 7.13. The van der Waals surface area contributed by atoms with Gasteiger partial charge in [0.2, 0.25) is 0 Å². The van der Waals surface area contributed by atoms with E-state index in [1.54, 1.807) is 17.5 Å². The zero-order valence-corrected chi connectivity index (χ0v) is 14.5. The molecule has 2 aromatic rings. The van der Waals surface area contributed by atoms with E-state index in [0.717, 1.165) is 34.3 Å². The van der Waals surface area contributed by atoms with Gasteiger partial charge in [0.15, 0.2) is 11.6 Å². The summed E-state index contributed by atoms with van der Waals surface area (Å²) in [5.41, 5.74) is 0. The van der Waals surface area contributed by atoms with Crippen LogP contribution in [0.15, 0.2) is 30.5 Å². The summed E-state index contributed by atoms with van der Waals surface area (Å²) in [5, 5.41) is 0. The number of carbonyl (C=O) groups excluding carboxylic acids is 1. The number of anilines is 1. The second-order valence-electron chi connectivity index (χ2n) is 5.91. The van der Waals surface area contributed by atoms with E-state index in [4.69, 9.17) is 4.74 Å². The molecule has 1 amide bonds. The van der Waals surface area contributed by atoms with Crippen LogP contribution < -0.4 is 9.64 Å². The number of aryl methyl sites for hydroxylation is 1. The molecule has 5 nitrogen and oxygen atoms in total. The largest absolute Gasteiger partial charge is 0.485 e. The van der Waals surface area contributed by atoms with Crippen molar-refractivity contribution in [3.8, 4) is 5.75 Å². The van der Waals surface area contributed by atoms with Crippen LogP contribution in [-0.2, 0) is 0 Å². The number of aromatic nitrogens is 1. The fraction of sp³-hybridized carbons (Fsp3) is 0.412. The minimum absolute atomic E-state index is 0.0166. The predicted molar refractivity (Wildman–Crippen MR) is 92.6 cm³/mol. The van der Waals surface area contributed by atoms with Crippen molar-refractivity contribution in [2.75, 3.05) is 32.1 Å². The fourth-order valence-electron chi connectivity index (χ4n) is 2.70. The Hall–Kier alpha value is -2.08. The van der Waals surface area contributed by atoms with E-state index in [2.05, 4.69) is 4.98 Å². The number of hydrogen-bond acceptors (Lipinski definition) is 5. The van der Waals surface area contributed by atoms with Crippen LogP contribution in [-0.4, -0.2) is 49.1 Å². The van der Waals surface area contributed by atoms with Crippen LogP contribution in [0.25, 0.3) is 0 Å². The standard InChI is InChI=1S/C17H21N3O2S/c1-12-6-7-15(23-12)17(21)20-10-8-13(11-20)22-14-5-4-9-18-16(14)19(2)3/h4-7,9,13H,8,10-11H2,1-3H3/t13-/m0/s1. The van der Waals surface area contributed by atoms with Gasteiger partial charge in [-0.2, -0.15) is 0 Å². The van der Waals surface area contributed by atoms with Crippen LogP contribution in [0.1, 0.15) is 21.0 Å². The Morgan fingerprint density at radius 3 is 2.91 bits per heavy atom. The van der Waals surface area contributed by atoms with E-state index >= 15 is 0 Å². The third-order valence-corrected chi connectivity index (χ3v) is 4.84. The highest BCUT2D eigenvalue weighted by Crippen LogP contribution is 2.27. The first-order valence-corrected chi connectivity index (χ1v) is 8.51. The first-order valence-electron chi connectivity index (χ1n) is 7.69. The van der Waals surface area contributed by atoms with Crippen molar-refractivity contribution < 1.29 is 9.53 Å². The van der Waals surface area contributed by atoms with Crippen LogP contribution in [0.2, 0.25) is 0 Å². The first-order chi connectivity index (χ1) is 11.0. The predicted octanol–water partition coefficient (Wildman–Crippen LogP) is 2.81. The summed E-state index contributed by atoms with van der Waals surface area (Å²) in [6, 6.07) is 7.69. The summed E-state index contributed by atoms with van der Waals surface area (Å²) in [6.07, 6.45) is 2.62. The lowest BCUT2D eigenvalue weighted by Gasteiger charge is -2.20. The van der Waals surface area contributed by atoms with Crippen LogP contribution in [0.3, 0.4) is 0 Å². The molecular weight excluding hydrogens is 310 g/mol. The molecule has 3 rings (SSSR count). The summed E-state index contributed by atoms with van der Waals surface area (Å²) in [6.45, 7) is 3.37. The molecule has 0 saturated carbocycles. The van der Waals surface area contributed by atoms with E-state index < -0.39 is 0 Å². The topological polar surface area (TPSA) is 45.7 Å². The van der Waals surface area contributed by atoms with Crippen LogP contribution in [0, 0.1) is 6.92 Å². The number of nitrogens with zero attached hydrogens (tertiary/aromatic N) is 3. The highest BCUT2D eigenvalue weighted by Gasteiger charge is 2.29. The maximum absolute atomic E-state index is 12.5. The molecule has 3 heterocycles. The number of ether oxygens (including phenoxy) is 1. The lowest BCUT2D eigenvalue weighted by Crippen LogP contribution is -2.30. The van der Waals surface area contributed by atoms with E-state index in [1.807, 2.05) is 55.1 Å². The molecule has 0 aromatic carbocycles. The van der Waals surface area contributed by atoms with E-state index in [-0.39, 0.29) is 12.0 Å². The van der Waals surface area contributed by atoms with Crippen molar-refractivity contribution in [3.05, 3.63) is 40.2 Å². The molecule has 0 aliphatic carbocycles. The number of carbonyl (C=O) groups is 1. The summed E-state index contributed by atoms with van der Waals surface area (Å²) in [7, 11) is 3.89. The Kier molecular flexibility index (Phi) is 4.52. The van der Waals surface area contributed by atoms with Gasteiger partial charge in [0.05, 0.1) is 11.4 Å². The molecule has 6 heteroatoms. The molecule has 1 aliphatic rings. The Bertz CT molecular complexity index is 699. The molecule has 122 valence electrons. The van der Waals surface area contributed by atoms with E-state index in [9.17, 15) is 4.79 Å². The molecule has 1 atom stereocenters. The average molecular weight is 331 g/mol. The van der Waals surface area contributed by atoms with Crippen molar-refractivity contribution in [2.24, 2.45) is 0 Å². The molecule has 0 unspecified atom stereocenters. The molecule has 1 saturated heterocycles. The van der Waals surface area contributed by atoms with Gasteiger partial charge in [-0.15, -0.1) is 11.3 Å². The third kappa shape index (κ3) is 3.47. The van der Waals surface area contributed by atoms with Crippen molar-refractivity contribution >= 4 is 23.1 Å². The number of likely N-dealkylation sites (tertiary alicyclic amines) is 1. The quantitative estimate of drug-likeness (QED) is 0.864. The molecule has 1 fully saturated rings.